The molecule has 96 valence electrons. The van der Waals surface area contributed by atoms with E-state index in [-0.39, 0.29) is 6.10 Å². The van der Waals surface area contributed by atoms with E-state index in [0.717, 1.165) is 16.8 Å². The highest BCUT2D eigenvalue weighted by molar-refractivity contribution is 6.30. The molecule has 2 aromatic rings. The summed E-state index contributed by atoms with van der Waals surface area (Å²) in [6, 6.07) is 7.61. The van der Waals surface area contributed by atoms with Crippen molar-refractivity contribution in [2.75, 3.05) is 6.54 Å². The Bertz CT molecular complexity index is 493. The molecule has 1 heterocycles. The maximum Gasteiger partial charge on any atom is 0.0695 e. The molecule has 1 aromatic heterocycles. The first kappa shape index (κ1) is 13.1. The van der Waals surface area contributed by atoms with E-state index < -0.39 is 0 Å². The Hall–Kier alpha value is -1.36. The first-order valence-electron chi connectivity index (χ1n) is 5.84. The summed E-state index contributed by atoms with van der Waals surface area (Å²) in [5, 5.41) is 20.1. The molecule has 0 spiro atoms. The van der Waals surface area contributed by atoms with Gasteiger partial charge in [0.05, 0.1) is 18.0 Å². The van der Waals surface area contributed by atoms with Crippen LogP contribution in [0.5, 0.6) is 0 Å². The van der Waals surface area contributed by atoms with Crippen LogP contribution in [0.25, 0.3) is 11.3 Å². The minimum Gasteiger partial charge on any atom is -0.392 e. The molecule has 3 N–H and O–H groups in total. The summed E-state index contributed by atoms with van der Waals surface area (Å²) in [5.41, 5.74) is 3.09. The van der Waals surface area contributed by atoms with Gasteiger partial charge in [0.25, 0.3) is 0 Å². The van der Waals surface area contributed by atoms with Crippen LogP contribution in [0.15, 0.2) is 30.5 Å². The zero-order chi connectivity index (χ0) is 13.0. The Morgan fingerprint density at radius 3 is 2.78 bits per heavy atom. The Morgan fingerprint density at radius 1 is 1.39 bits per heavy atom. The highest BCUT2D eigenvalue weighted by Gasteiger charge is 2.07. The van der Waals surface area contributed by atoms with Gasteiger partial charge in [0.1, 0.15) is 0 Å². The van der Waals surface area contributed by atoms with Crippen LogP contribution in [0.4, 0.5) is 0 Å². The number of nitrogens with one attached hydrogen (secondary N) is 2. The van der Waals surface area contributed by atoms with E-state index in [1.165, 1.54) is 0 Å². The van der Waals surface area contributed by atoms with E-state index in [1.807, 2.05) is 24.3 Å². The second-order valence-electron chi connectivity index (χ2n) is 4.26. The summed E-state index contributed by atoms with van der Waals surface area (Å²) in [6.45, 7) is 2.98. The smallest absolute Gasteiger partial charge is 0.0695 e. The highest BCUT2D eigenvalue weighted by atomic mass is 35.5. The Kier molecular flexibility index (Phi) is 4.36. The molecule has 0 aliphatic heterocycles. The second-order valence-corrected chi connectivity index (χ2v) is 4.69. The van der Waals surface area contributed by atoms with Crippen LogP contribution in [0.1, 0.15) is 12.5 Å². The minimum atomic E-state index is -0.351. The van der Waals surface area contributed by atoms with Gasteiger partial charge >= 0.3 is 0 Å². The van der Waals surface area contributed by atoms with Gasteiger partial charge in [-0.3, -0.25) is 5.10 Å². The molecule has 0 amide bonds. The van der Waals surface area contributed by atoms with Gasteiger partial charge in [-0.1, -0.05) is 23.7 Å². The number of rotatable bonds is 5. The summed E-state index contributed by atoms with van der Waals surface area (Å²) in [7, 11) is 0. The highest BCUT2D eigenvalue weighted by Crippen LogP contribution is 2.22. The van der Waals surface area contributed by atoms with Gasteiger partial charge in [0.2, 0.25) is 0 Å². The van der Waals surface area contributed by atoms with Crippen molar-refractivity contribution < 1.29 is 5.11 Å². The fourth-order valence-electron chi connectivity index (χ4n) is 1.73. The van der Waals surface area contributed by atoms with Crippen molar-refractivity contribution in [1.82, 2.24) is 15.5 Å². The fraction of sp³-hybridized carbons (Fsp3) is 0.308. The van der Waals surface area contributed by atoms with Crippen LogP contribution in [0, 0.1) is 0 Å². The lowest BCUT2D eigenvalue weighted by atomic mass is 10.1. The van der Waals surface area contributed by atoms with Crippen LogP contribution >= 0.6 is 11.6 Å². The lowest BCUT2D eigenvalue weighted by Gasteiger charge is -2.07. The number of aromatic nitrogens is 2. The molecule has 18 heavy (non-hydrogen) atoms. The normalized spacial score (nSPS) is 12.6. The fourth-order valence-corrected chi connectivity index (χ4v) is 1.85. The molecule has 1 aromatic carbocycles. The largest absolute Gasteiger partial charge is 0.392 e. The van der Waals surface area contributed by atoms with Gasteiger partial charge in [-0.05, 0) is 24.6 Å². The SMILES string of the molecule is CC(O)CNCc1cn[nH]c1-c1ccc(Cl)cc1. The standard InChI is InChI=1S/C13H16ClN3O/c1-9(18)6-15-7-11-8-16-17-13(11)10-2-4-12(14)5-3-10/h2-5,8-9,15,18H,6-7H2,1H3,(H,16,17). The topological polar surface area (TPSA) is 60.9 Å². The summed E-state index contributed by atoms with van der Waals surface area (Å²) in [4.78, 5) is 0. The van der Waals surface area contributed by atoms with Crippen molar-refractivity contribution in [3.05, 3.63) is 41.0 Å². The predicted octanol–water partition coefficient (Wildman–Crippen LogP) is 2.20. The van der Waals surface area contributed by atoms with Crippen molar-refractivity contribution in [3.8, 4) is 11.3 Å². The lowest BCUT2D eigenvalue weighted by molar-refractivity contribution is 0.191. The van der Waals surface area contributed by atoms with Crippen LogP contribution in [-0.2, 0) is 6.54 Å². The molecule has 1 unspecified atom stereocenters. The third-order valence-electron chi connectivity index (χ3n) is 2.61. The van der Waals surface area contributed by atoms with Crippen molar-refractivity contribution in [3.63, 3.8) is 0 Å². The van der Waals surface area contributed by atoms with Crippen LogP contribution < -0.4 is 5.32 Å². The average Bonchev–Trinajstić information content (AvgIpc) is 2.78. The second kappa shape index (κ2) is 6.00. The number of halogens is 1. The van der Waals surface area contributed by atoms with Crippen molar-refractivity contribution >= 4 is 11.6 Å². The third kappa shape index (κ3) is 3.32. The van der Waals surface area contributed by atoms with Gasteiger partial charge in [-0.2, -0.15) is 5.10 Å². The predicted molar refractivity (Wildman–Crippen MR) is 72.4 cm³/mol. The quantitative estimate of drug-likeness (QED) is 0.777. The lowest BCUT2D eigenvalue weighted by Crippen LogP contribution is -2.23. The minimum absolute atomic E-state index is 0.351. The van der Waals surface area contributed by atoms with Crippen LogP contribution in [0.2, 0.25) is 5.02 Å². The molecule has 1 atom stereocenters. The van der Waals surface area contributed by atoms with Gasteiger partial charge in [-0.15, -0.1) is 0 Å². The third-order valence-corrected chi connectivity index (χ3v) is 2.86. The molecule has 0 radical (unpaired) electrons. The van der Waals surface area contributed by atoms with Crippen LogP contribution in [-0.4, -0.2) is 28.0 Å². The van der Waals surface area contributed by atoms with Crippen molar-refractivity contribution in [2.45, 2.75) is 19.6 Å². The van der Waals surface area contributed by atoms with E-state index in [2.05, 4.69) is 15.5 Å². The number of hydrogen-bond acceptors (Lipinski definition) is 3. The molecule has 0 saturated heterocycles. The zero-order valence-electron chi connectivity index (χ0n) is 10.2. The number of aliphatic hydroxyl groups is 1. The molecule has 0 bridgehead atoms. The monoisotopic (exact) mass is 265 g/mol. The molecule has 0 aliphatic rings. The Morgan fingerprint density at radius 2 is 2.11 bits per heavy atom. The number of aliphatic hydroxyl groups excluding tert-OH is 1. The van der Waals surface area contributed by atoms with Crippen LogP contribution in [0.3, 0.4) is 0 Å². The molecule has 0 aliphatic carbocycles. The Labute approximate surface area is 111 Å². The first-order valence-corrected chi connectivity index (χ1v) is 6.21. The van der Waals surface area contributed by atoms with Gasteiger partial charge in [0.15, 0.2) is 0 Å². The number of aromatic amines is 1. The molecular formula is C13H16ClN3O. The summed E-state index contributed by atoms with van der Waals surface area (Å²) >= 11 is 5.87. The number of hydrogen-bond donors (Lipinski definition) is 3. The number of H-pyrrole nitrogens is 1. The van der Waals surface area contributed by atoms with Crippen molar-refractivity contribution in [1.29, 1.82) is 0 Å². The molecule has 5 heteroatoms. The van der Waals surface area contributed by atoms with E-state index >= 15 is 0 Å². The molecule has 2 rings (SSSR count). The van der Waals surface area contributed by atoms with Gasteiger partial charge < -0.3 is 10.4 Å². The Balaban J connectivity index is 2.10. The summed E-state index contributed by atoms with van der Waals surface area (Å²) in [6.07, 6.45) is 1.44. The maximum absolute atomic E-state index is 9.20. The zero-order valence-corrected chi connectivity index (χ0v) is 10.9. The van der Waals surface area contributed by atoms with E-state index in [9.17, 15) is 5.11 Å². The first-order chi connectivity index (χ1) is 8.66. The van der Waals surface area contributed by atoms with E-state index in [4.69, 9.17) is 11.6 Å². The van der Waals surface area contributed by atoms with Crippen molar-refractivity contribution in [2.24, 2.45) is 0 Å². The van der Waals surface area contributed by atoms with E-state index in [1.54, 1.807) is 13.1 Å². The molecular weight excluding hydrogens is 250 g/mol. The molecule has 4 nitrogen and oxygen atoms in total. The molecule has 0 fully saturated rings. The van der Waals surface area contributed by atoms with E-state index in [0.29, 0.717) is 18.1 Å². The number of nitrogens with zero attached hydrogens (tertiary/aromatic N) is 1. The average molecular weight is 266 g/mol. The maximum atomic E-state index is 9.20. The number of benzene rings is 1. The molecule has 0 saturated carbocycles. The summed E-state index contributed by atoms with van der Waals surface area (Å²) < 4.78 is 0. The summed E-state index contributed by atoms with van der Waals surface area (Å²) in [5.74, 6) is 0. The van der Waals surface area contributed by atoms with Gasteiger partial charge in [-0.25, -0.2) is 0 Å². The van der Waals surface area contributed by atoms with Gasteiger partial charge in [0, 0.05) is 23.7 Å².